The highest BCUT2D eigenvalue weighted by atomic mass is 16.5. The Labute approximate surface area is 194 Å². The van der Waals surface area contributed by atoms with Crippen LogP contribution in [0, 0.1) is 0 Å². The third kappa shape index (κ3) is 5.97. The zero-order chi connectivity index (χ0) is 23.6. The molecular formula is C24H35N5O4. The molecule has 3 atom stereocenters. The molecule has 4 N–H and O–H groups in total. The van der Waals surface area contributed by atoms with Crippen LogP contribution in [0.5, 0.6) is 5.75 Å². The third-order valence-corrected chi connectivity index (χ3v) is 6.16. The molecule has 0 saturated heterocycles. The van der Waals surface area contributed by atoms with Gasteiger partial charge in [0.2, 0.25) is 0 Å². The molecule has 2 aromatic rings. The molecule has 2 aromatic heterocycles. The number of aliphatic hydroxyl groups excluding tert-OH is 2. The highest BCUT2D eigenvalue weighted by molar-refractivity contribution is 5.59. The SMILES string of the molecule is CN(CC(O)N[C@@H]1CCC[C@@H]1O)c1nc(-c2cc(OCC(C)(C)O)ccn2)nc2c1CCC2. The Kier molecular flexibility index (Phi) is 7.13. The fourth-order valence-electron chi connectivity index (χ4n) is 4.51. The number of pyridine rings is 1. The Morgan fingerprint density at radius 1 is 1.24 bits per heavy atom. The number of hydrogen-bond acceptors (Lipinski definition) is 9. The second-order valence-electron chi connectivity index (χ2n) is 9.80. The van der Waals surface area contributed by atoms with Crippen LogP contribution in [0.15, 0.2) is 18.3 Å². The largest absolute Gasteiger partial charge is 0.490 e. The summed E-state index contributed by atoms with van der Waals surface area (Å²) in [6.45, 7) is 3.89. The number of fused-ring (bicyclic) bond motifs is 1. The standard InChI is InChI=1S/C24H35N5O4/c1-24(2,32)14-33-15-10-11-25-19(12-15)22-27-17-7-4-6-16(17)23(28-22)29(3)13-21(31)26-18-8-5-9-20(18)30/h10-12,18,20-21,26,30-32H,4-9,13-14H2,1-3H3/t18-,20+,21?/m1/s1. The van der Waals surface area contributed by atoms with Crippen LogP contribution in [0.3, 0.4) is 0 Å². The van der Waals surface area contributed by atoms with Crippen LogP contribution < -0.4 is 15.0 Å². The van der Waals surface area contributed by atoms with E-state index in [1.807, 2.05) is 11.9 Å². The number of aryl methyl sites for hydroxylation is 1. The fourth-order valence-corrected chi connectivity index (χ4v) is 4.51. The minimum Gasteiger partial charge on any atom is -0.490 e. The average Bonchev–Trinajstić information content (AvgIpc) is 3.40. The molecule has 2 heterocycles. The van der Waals surface area contributed by atoms with Crippen molar-refractivity contribution in [3.05, 3.63) is 29.6 Å². The Morgan fingerprint density at radius 3 is 2.79 bits per heavy atom. The highest BCUT2D eigenvalue weighted by Crippen LogP contribution is 2.31. The summed E-state index contributed by atoms with van der Waals surface area (Å²) >= 11 is 0. The molecule has 0 bridgehead atoms. The van der Waals surface area contributed by atoms with E-state index in [-0.39, 0.29) is 12.6 Å². The summed E-state index contributed by atoms with van der Waals surface area (Å²) in [5, 5.41) is 33.7. The Hall–Kier alpha value is -2.33. The van der Waals surface area contributed by atoms with Crippen molar-refractivity contribution in [3.63, 3.8) is 0 Å². The summed E-state index contributed by atoms with van der Waals surface area (Å²) < 4.78 is 5.71. The van der Waals surface area contributed by atoms with Crippen LogP contribution in [-0.2, 0) is 12.8 Å². The molecule has 1 fully saturated rings. The second kappa shape index (κ2) is 9.89. The molecule has 1 unspecified atom stereocenters. The van der Waals surface area contributed by atoms with Gasteiger partial charge in [-0.05, 0) is 58.4 Å². The highest BCUT2D eigenvalue weighted by Gasteiger charge is 2.28. The predicted octanol–water partition coefficient (Wildman–Crippen LogP) is 1.43. The number of likely N-dealkylation sites (N-methyl/N-ethyl adjacent to an activating group) is 1. The van der Waals surface area contributed by atoms with Gasteiger partial charge in [-0.1, -0.05) is 0 Å². The topological polar surface area (TPSA) is 124 Å². The van der Waals surface area contributed by atoms with Crippen LogP contribution in [-0.4, -0.2) is 74.4 Å². The van der Waals surface area contributed by atoms with E-state index in [9.17, 15) is 15.3 Å². The van der Waals surface area contributed by atoms with Gasteiger partial charge < -0.3 is 25.0 Å². The molecular weight excluding hydrogens is 422 g/mol. The molecule has 9 nitrogen and oxygen atoms in total. The van der Waals surface area contributed by atoms with E-state index in [0.29, 0.717) is 23.8 Å². The van der Waals surface area contributed by atoms with Crippen LogP contribution in [0.4, 0.5) is 5.82 Å². The molecule has 2 aliphatic carbocycles. The molecule has 2 aliphatic rings. The van der Waals surface area contributed by atoms with Gasteiger partial charge in [0.15, 0.2) is 5.82 Å². The minimum absolute atomic E-state index is 0.0732. The summed E-state index contributed by atoms with van der Waals surface area (Å²) in [6, 6.07) is 3.45. The molecule has 0 spiro atoms. The van der Waals surface area contributed by atoms with Gasteiger partial charge in [-0.15, -0.1) is 0 Å². The Balaban J connectivity index is 1.53. The van der Waals surface area contributed by atoms with Gasteiger partial charge in [0.05, 0.1) is 18.2 Å². The van der Waals surface area contributed by atoms with Crippen LogP contribution in [0.1, 0.15) is 50.8 Å². The number of aromatic nitrogens is 3. The van der Waals surface area contributed by atoms with Gasteiger partial charge in [0.1, 0.15) is 30.1 Å². The smallest absolute Gasteiger partial charge is 0.180 e. The Morgan fingerprint density at radius 2 is 2.06 bits per heavy atom. The molecule has 1 saturated carbocycles. The first kappa shape index (κ1) is 23.8. The first-order valence-electron chi connectivity index (χ1n) is 11.7. The summed E-state index contributed by atoms with van der Waals surface area (Å²) in [5.41, 5.74) is 1.79. The molecule has 33 heavy (non-hydrogen) atoms. The van der Waals surface area contributed by atoms with Gasteiger partial charge >= 0.3 is 0 Å². The zero-order valence-electron chi connectivity index (χ0n) is 19.7. The van der Waals surface area contributed by atoms with Crippen molar-refractivity contribution in [1.82, 2.24) is 20.3 Å². The minimum atomic E-state index is -0.938. The van der Waals surface area contributed by atoms with Gasteiger partial charge in [0.25, 0.3) is 0 Å². The average molecular weight is 458 g/mol. The normalized spacial score (nSPS) is 21.2. The number of anilines is 1. The number of nitrogens with zero attached hydrogens (tertiary/aromatic N) is 4. The monoisotopic (exact) mass is 457 g/mol. The van der Waals surface area contributed by atoms with Crippen molar-refractivity contribution in [2.45, 2.75) is 76.3 Å². The van der Waals surface area contributed by atoms with Gasteiger partial charge in [-0.25, -0.2) is 9.97 Å². The summed E-state index contributed by atoms with van der Waals surface area (Å²) in [4.78, 5) is 16.0. The summed E-state index contributed by atoms with van der Waals surface area (Å²) in [5.74, 6) is 1.90. The lowest BCUT2D eigenvalue weighted by atomic mass is 10.2. The van der Waals surface area contributed by atoms with E-state index in [0.717, 1.165) is 55.6 Å². The van der Waals surface area contributed by atoms with Crippen LogP contribution in [0.25, 0.3) is 11.5 Å². The van der Waals surface area contributed by atoms with Crippen molar-refractivity contribution in [2.24, 2.45) is 0 Å². The lowest BCUT2D eigenvalue weighted by Crippen LogP contribution is -2.47. The summed E-state index contributed by atoms with van der Waals surface area (Å²) in [6.07, 6.45) is 5.88. The molecule has 0 amide bonds. The van der Waals surface area contributed by atoms with Gasteiger partial charge in [-0.3, -0.25) is 10.3 Å². The lowest BCUT2D eigenvalue weighted by molar-refractivity contribution is 0.0285. The van der Waals surface area contributed by atoms with Crippen molar-refractivity contribution in [2.75, 3.05) is 25.1 Å². The molecule has 4 rings (SSSR count). The molecule has 0 aliphatic heterocycles. The van der Waals surface area contributed by atoms with E-state index in [2.05, 4.69) is 10.3 Å². The quantitative estimate of drug-likeness (QED) is 0.414. The third-order valence-electron chi connectivity index (χ3n) is 6.16. The number of rotatable bonds is 9. The first-order chi connectivity index (χ1) is 15.7. The van der Waals surface area contributed by atoms with Crippen molar-refractivity contribution >= 4 is 5.82 Å². The van der Waals surface area contributed by atoms with E-state index in [1.165, 1.54) is 0 Å². The second-order valence-corrected chi connectivity index (χ2v) is 9.80. The van der Waals surface area contributed by atoms with Crippen molar-refractivity contribution < 1.29 is 20.1 Å². The molecule has 9 heteroatoms. The fraction of sp³-hybridized carbons (Fsp3) is 0.625. The van der Waals surface area contributed by atoms with Crippen molar-refractivity contribution in [3.8, 4) is 17.3 Å². The predicted molar refractivity (Wildman–Crippen MR) is 125 cm³/mol. The maximum atomic E-state index is 10.6. The summed E-state index contributed by atoms with van der Waals surface area (Å²) in [7, 11) is 1.91. The number of aliphatic hydroxyl groups is 3. The maximum Gasteiger partial charge on any atom is 0.180 e. The van der Waals surface area contributed by atoms with E-state index < -0.39 is 17.9 Å². The number of ether oxygens (including phenoxy) is 1. The molecule has 0 aromatic carbocycles. The van der Waals surface area contributed by atoms with Gasteiger partial charge in [0, 0.05) is 36.6 Å². The van der Waals surface area contributed by atoms with Crippen molar-refractivity contribution in [1.29, 1.82) is 0 Å². The molecule has 180 valence electrons. The van der Waals surface area contributed by atoms with Crippen LogP contribution >= 0.6 is 0 Å². The van der Waals surface area contributed by atoms with E-state index in [4.69, 9.17) is 14.7 Å². The zero-order valence-corrected chi connectivity index (χ0v) is 19.7. The Bertz CT molecular complexity index is 964. The lowest BCUT2D eigenvalue weighted by Gasteiger charge is -2.27. The first-order valence-corrected chi connectivity index (χ1v) is 11.7. The number of hydrogen-bond donors (Lipinski definition) is 4. The van der Waals surface area contributed by atoms with Gasteiger partial charge in [-0.2, -0.15) is 0 Å². The number of nitrogens with one attached hydrogen (secondary N) is 1. The van der Waals surface area contributed by atoms with E-state index >= 15 is 0 Å². The maximum absolute atomic E-state index is 10.6. The van der Waals surface area contributed by atoms with Crippen LogP contribution in [0.2, 0.25) is 0 Å². The van der Waals surface area contributed by atoms with E-state index in [1.54, 1.807) is 32.2 Å². The molecule has 0 radical (unpaired) electrons.